The summed E-state index contributed by atoms with van der Waals surface area (Å²) in [6.07, 6.45) is 0. The van der Waals surface area contributed by atoms with Gasteiger partial charge in [-0.3, -0.25) is 0 Å². The van der Waals surface area contributed by atoms with Gasteiger partial charge in [0.2, 0.25) is 5.28 Å². The van der Waals surface area contributed by atoms with Gasteiger partial charge in [-0.25, -0.2) is 9.97 Å². The first-order valence-electron chi connectivity index (χ1n) is 6.35. The number of ether oxygens (including phenoxy) is 1. The van der Waals surface area contributed by atoms with E-state index in [0.29, 0.717) is 5.15 Å². The minimum atomic E-state index is 0.157. The van der Waals surface area contributed by atoms with E-state index in [2.05, 4.69) is 27.0 Å². The van der Waals surface area contributed by atoms with E-state index in [4.69, 9.17) is 27.9 Å². The van der Waals surface area contributed by atoms with E-state index in [0.717, 1.165) is 37.6 Å². The molecule has 1 fully saturated rings. The lowest BCUT2D eigenvalue weighted by molar-refractivity contribution is 0.122. The average Bonchev–Trinajstić information content (AvgIpc) is 2.47. The summed E-state index contributed by atoms with van der Waals surface area (Å²) in [6, 6.07) is 9.88. The van der Waals surface area contributed by atoms with Gasteiger partial charge in [0.25, 0.3) is 0 Å². The van der Waals surface area contributed by atoms with Crippen LogP contribution < -0.4 is 4.90 Å². The fourth-order valence-corrected chi connectivity index (χ4v) is 2.61. The van der Waals surface area contributed by atoms with Crippen molar-refractivity contribution in [2.45, 2.75) is 0 Å². The fourth-order valence-electron chi connectivity index (χ4n) is 2.20. The molecular weight excluding hydrogens is 297 g/mol. The van der Waals surface area contributed by atoms with Crippen LogP contribution in [0.3, 0.4) is 0 Å². The molecule has 1 saturated heterocycles. The number of nitrogens with zero attached hydrogens (tertiary/aromatic N) is 3. The van der Waals surface area contributed by atoms with Crippen molar-refractivity contribution in [2.75, 3.05) is 31.2 Å². The third-order valence-corrected chi connectivity index (χ3v) is 3.57. The molecule has 6 heteroatoms. The van der Waals surface area contributed by atoms with Gasteiger partial charge in [0.05, 0.1) is 18.9 Å². The Kier molecular flexibility index (Phi) is 4.05. The molecule has 0 aliphatic carbocycles. The molecule has 1 aromatic heterocycles. The highest BCUT2D eigenvalue weighted by Gasteiger charge is 2.11. The van der Waals surface area contributed by atoms with Crippen molar-refractivity contribution < 1.29 is 4.74 Å². The Morgan fingerprint density at radius 3 is 2.35 bits per heavy atom. The van der Waals surface area contributed by atoms with Gasteiger partial charge in [0.1, 0.15) is 5.15 Å². The summed E-state index contributed by atoms with van der Waals surface area (Å²) >= 11 is 11.7. The zero-order chi connectivity index (χ0) is 13.9. The van der Waals surface area contributed by atoms with Crippen LogP contribution >= 0.6 is 23.2 Å². The standard InChI is InChI=1S/C14H13Cl2N3O/c15-13-9-12(17-14(16)18-13)10-1-3-11(4-2-10)19-5-7-20-8-6-19/h1-4,9H,5-8H2. The van der Waals surface area contributed by atoms with Gasteiger partial charge in [-0.2, -0.15) is 0 Å². The highest BCUT2D eigenvalue weighted by molar-refractivity contribution is 6.32. The topological polar surface area (TPSA) is 38.2 Å². The SMILES string of the molecule is Clc1cc(-c2ccc(N3CCOCC3)cc2)nc(Cl)n1. The van der Waals surface area contributed by atoms with Crippen LogP contribution in [-0.4, -0.2) is 36.3 Å². The van der Waals surface area contributed by atoms with E-state index in [9.17, 15) is 0 Å². The molecule has 0 radical (unpaired) electrons. The second-order valence-electron chi connectivity index (χ2n) is 4.49. The third-order valence-electron chi connectivity index (χ3n) is 3.21. The van der Waals surface area contributed by atoms with Crippen molar-refractivity contribution in [3.05, 3.63) is 40.8 Å². The molecule has 2 heterocycles. The first kappa shape index (κ1) is 13.6. The minimum Gasteiger partial charge on any atom is -0.378 e. The molecule has 104 valence electrons. The monoisotopic (exact) mass is 309 g/mol. The van der Waals surface area contributed by atoms with Crippen LogP contribution in [0.1, 0.15) is 0 Å². The molecule has 0 N–H and O–H groups in total. The summed E-state index contributed by atoms with van der Waals surface area (Å²) in [5.74, 6) is 0. The quantitative estimate of drug-likeness (QED) is 0.630. The number of anilines is 1. The number of rotatable bonds is 2. The zero-order valence-corrected chi connectivity index (χ0v) is 12.2. The molecule has 2 aromatic rings. The van der Waals surface area contributed by atoms with Gasteiger partial charge in [-0.15, -0.1) is 0 Å². The van der Waals surface area contributed by atoms with E-state index in [1.54, 1.807) is 6.07 Å². The maximum Gasteiger partial charge on any atom is 0.224 e. The summed E-state index contributed by atoms with van der Waals surface area (Å²) in [6.45, 7) is 3.40. The number of hydrogen-bond donors (Lipinski definition) is 0. The number of morpholine rings is 1. The highest BCUT2D eigenvalue weighted by atomic mass is 35.5. The minimum absolute atomic E-state index is 0.157. The van der Waals surface area contributed by atoms with Crippen LogP contribution in [0.2, 0.25) is 10.4 Å². The number of benzene rings is 1. The molecule has 1 aliphatic rings. The van der Waals surface area contributed by atoms with Crippen LogP contribution in [0.4, 0.5) is 5.69 Å². The first-order valence-corrected chi connectivity index (χ1v) is 7.11. The molecule has 4 nitrogen and oxygen atoms in total. The maximum absolute atomic E-state index is 5.90. The molecular formula is C14H13Cl2N3O. The summed E-state index contributed by atoms with van der Waals surface area (Å²) in [5.41, 5.74) is 2.88. The molecule has 0 atom stereocenters. The van der Waals surface area contributed by atoms with E-state index in [-0.39, 0.29) is 5.28 Å². The van der Waals surface area contributed by atoms with Gasteiger partial charge >= 0.3 is 0 Å². The molecule has 1 aliphatic heterocycles. The molecule has 0 unspecified atom stereocenters. The third kappa shape index (κ3) is 3.03. The van der Waals surface area contributed by atoms with Crippen molar-refractivity contribution in [1.29, 1.82) is 0 Å². The number of hydrogen-bond acceptors (Lipinski definition) is 4. The Hall–Kier alpha value is -1.36. The van der Waals surface area contributed by atoms with Gasteiger partial charge in [0, 0.05) is 30.4 Å². The van der Waals surface area contributed by atoms with Crippen molar-refractivity contribution in [3.8, 4) is 11.3 Å². The molecule has 20 heavy (non-hydrogen) atoms. The van der Waals surface area contributed by atoms with Crippen LogP contribution in [0, 0.1) is 0 Å². The van der Waals surface area contributed by atoms with E-state index < -0.39 is 0 Å². The first-order chi connectivity index (χ1) is 9.72. The molecule has 0 saturated carbocycles. The fraction of sp³-hybridized carbons (Fsp3) is 0.286. The second kappa shape index (κ2) is 5.95. The van der Waals surface area contributed by atoms with Crippen LogP contribution in [0.25, 0.3) is 11.3 Å². The van der Waals surface area contributed by atoms with Gasteiger partial charge in [0.15, 0.2) is 0 Å². The van der Waals surface area contributed by atoms with E-state index in [1.165, 1.54) is 5.69 Å². The number of aromatic nitrogens is 2. The van der Waals surface area contributed by atoms with Gasteiger partial charge in [-0.05, 0) is 23.7 Å². The van der Waals surface area contributed by atoms with Crippen molar-refractivity contribution in [1.82, 2.24) is 9.97 Å². The van der Waals surface area contributed by atoms with Gasteiger partial charge < -0.3 is 9.64 Å². The van der Waals surface area contributed by atoms with E-state index >= 15 is 0 Å². The molecule has 0 spiro atoms. The Bertz CT molecular complexity index is 578. The highest BCUT2D eigenvalue weighted by Crippen LogP contribution is 2.24. The Balaban J connectivity index is 1.85. The summed E-state index contributed by atoms with van der Waals surface area (Å²) < 4.78 is 5.35. The predicted molar refractivity (Wildman–Crippen MR) is 80.5 cm³/mol. The number of halogens is 2. The van der Waals surface area contributed by atoms with Crippen LogP contribution in [0.5, 0.6) is 0 Å². The maximum atomic E-state index is 5.90. The smallest absolute Gasteiger partial charge is 0.224 e. The molecule has 0 bridgehead atoms. The molecule has 0 amide bonds. The summed E-state index contributed by atoms with van der Waals surface area (Å²) in [5, 5.41) is 0.502. The normalized spacial score (nSPS) is 15.4. The van der Waals surface area contributed by atoms with Crippen molar-refractivity contribution in [2.24, 2.45) is 0 Å². The predicted octanol–water partition coefficient (Wildman–Crippen LogP) is 3.29. The Morgan fingerprint density at radius 1 is 1.00 bits per heavy atom. The van der Waals surface area contributed by atoms with Crippen molar-refractivity contribution >= 4 is 28.9 Å². The summed E-state index contributed by atoms with van der Waals surface area (Å²) in [7, 11) is 0. The lowest BCUT2D eigenvalue weighted by Crippen LogP contribution is -2.36. The Labute approximate surface area is 127 Å². The summed E-state index contributed by atoms with van der Waals surface area (Å²) in [4.78, 5) is 10.3. The van der Waals surface area contributed by atoms with Crippen molar-refractivity contribution in [3.63, 3.8) is 0 Å². The largest absolute Gasteiger partial charge is 0.378 e. The van der Waals surface area contributed by atoms with Crippen LogP contribution in [-0.2, 0) is 4.74 Å². The molecule has 3 rings (SSSR count). The van der Waals surface area contributed by atoms with Crippen LogP contribution in [0.15, 0.2) is 30.3 Å². The zero-order valence-electron chi connectivity index (χ0n) is 10.7. The van der Waals surface area contributed by atoms with E-state index in [1.807, 2.05) is 12.1 Å². The lowest BCUT2D eigenvalue weighted by Gasteiger charge is -2.28. The molecule has 1 aromatic carbocycles. The second-order valence-corrected chi connectivity index (χ2v) is 5.22. The average molecular weight is 310 g/mol. The van der Waals surface area contributed by atoms with Gasteiger partial charge in [-0.1, -0.05) is 23.7 Å². The lowest BCUT2D eigenvalue weighted by atomic mass is 10.1. The Morgan fingerprint density at radius 2 is 1.70 bits per heavy atom.